The quantitative estimate of drug-likeness (QED) is 0.228. The highest BCUT2D eigenvalue weighted by atomic mass is 33.1. The van der Waals surface area contributed by atoms with Crippen molar-refractivity contribution < 1.29 is 43.1 Å². The minimum Gasteiger partial charge on any atom is -0.459 e. The van der Waals surface area contributed by atoms with Crippen molar-refractivity contribution in [3.8, 4) is 0 Å². The van der Waals surface area contributed by atoms with E-state index in [2.05, 4.69) is 0 Å². The second kappa shape index (κ2) is 14.5. The summed E-state index contributed by atoms with van der Waals surface area (Å²) < 4.78 is 26.2. The van der Waals surface area contributed by atoms with E-state index in [4.69, 9.17) is 23.7 Å². The summed E-state index contributed by atoms with van der Waals surface area (Å²) in [5, 5.41) is 22.8. The van der Waals surface area contributed by atoms with E-state index >= 15 is 0 Å². The number of nitro groups is 2. The van der Waals surface area contributed by atoms with Gasteiger partial charge in [0.25, 0.3) is 11.4 Å². The average Bonchev–Trinajstić information content (AvgIpc) is 2.88. The van der Waals surface area contributed by atoms with Gasteiger partial charge in [0.2, 0.25) is 0 Å². The van der Waals surface area contributed by atoms with Gasteiger partial charge < -0.3 is 23.7 Å². The van der Waals surface area contributed by atoms with Gasteiger partial charge in [0.05, 0.1) is 49.5 Å². The molecule has 0 atom stereocenters. The van der Waals surface area contributed by atoms with E-state index in [0.29, 0.717) is 9.79 Å². The van der Waals surface area contributed by atoms with E-state index in [9.17, 15) is 29.8 Å². The van der Waals surface area contributed by atoms with E-state index < -0.39 is 33.2 Å². The zero-order valence-electron chi connectivity index (χ0n) is 19.3. The number of benzene rings is 2. The van der Waals surface area contributed by atoms with Crippen LogP contribution < -0.4 is 0 Å². The molecule has 13 nitrogen and oxygen atoms in total. The molecule has 198 valence electrons. The van der Waals surface area contributed by atoms with Gasteiger partial charge in [0.15, 0.2) is 0 Å². The van der Waals surface area contributed by atoms with Crippen molar-refractivity contribution in [1.29, 1.82) is 0 Å². The van der Waals surface area contributed by atoms with Gasteiger partial charge in [-0.15, -0.1) is 0 Å². The highest BCUT2D eigenvalue weighted by molar-refractivity contribution is 8.76. The standard InChI is InChI=1S/C22H22N2O11S2/c25-21-17-13-15(1-3-19(17)23(27)28)36-37-16-2-4-20(24(29)30)18(14-16)22(26)35-12-10-33-8-6-31-5-7-32-9-11-34-21/h1-4,13-14H,5-12H2. The van der Waals surface area contributed by atoms with Crippen LogP contribution in [0.5, 0.6) is 0 Å². The smallest absolute Gasteiger partial charge is 0.345 e. The zero-order chi connectivity index (χ0) is 26.6. The van der Waals surface area contributed by atoms with Crippen LogP contribution in [-0.4, -0.2) is 74.6 Å². The minimum atomic E-state index is -0.880. The summed E-state index contributed by atoms with van der Waals surface area (Å²) in [5.41, 5.74) is -1.29. The molecule has 4 bridgehead atoms. The summed E-state index contributed by atoms with van der Waals surface area (Å²) in [6.07, 6.45) is 0. The molecule has 0 amide bonds. The molecule has 2 aromatic rings. The summed E-state index contributed by atoms with van der Waals surface area (Å²) in [4.78, 5) is 47.4. The number of nitrogens with zero attached hydrogens (tertiary/aromatic N) is 2. The van der Waals surface area contributed by atoms with Gasteiger partial charge in [-0.3, -0.25) is 20.2 Å². The summed E-state index contributed by atoms with van der Waals surface area (Å²) >= 11 is 0. The van der Waals surface area contributed by atoms with Crippen molar-refractivity contribution in [3.05, 3.63) is 67.8 Å². The Balaban J connectivity index is 1.82. The largest absolute Gasteiger partial charge is 0.459 e. The van der Waals surface area contributed by atoms with Gasteiger partial charge in [0, 0.05) is 21.9 Å². The average molecular weight is 555 g/mol. The van der Waals surface area contributed by atoms with Crippen molar-refractivity contribution in [2.24, 2.45) is 0 Å². The monoisotopic (exact) mass is 554 g/mol. The molecule has 0 saturated heterocycles. The van der Waals surface area contributed by atoms with Gasteiger partial charge in [-0.1, -0.05) is 21.6 Å². The Morgan fingerprint density at radius 2 is 0.946 bits per heavy atom. The third-order valence-corrected chi connectivity index (χ3v) is 7.05. The molecule has 0 radical (unpaired) electrons. The van der Waals surface area contributed by atoms with E-state index in [-0.39, 0.29) is 64.0 Å². The molecular formula is C22H22N2O11S2. The number of nitro benzene ring substituents is 2. The lowest BCUT2D eigenvalue weighted by Gasteiger charge is -2.08. The van der Waals surface area contributed by atoms with Crippen LogP contribution in [0.1, 0.15) is 20.7 Å². The Bertz CT molecular complexity index is 1060. The zero-order valence-corrected chi connectivity index (χ0v) is 21.0. The van der Waals surface area contributed by atoms with Gasteiger partial charge in [-0.25, -0.2) is 9.59 Å². The molecule has 0 aromatic heterocycles. The Hall–Kier alpha value is -3.24. The lowest BCUT2D eigenvalue weighted by atomic mass is 10.2. The fourth-order valence-electron chi connectivity index (χ4n) is 2.96. The van der Waals surface area contributed by atoms with E-state index in [1.165, 1.54) is 36.4 Å². The number of rotatable bonds is 2. The first-order chi connectivity index (χ1) is 17.9. The van der Waals surface area contributed by atoms with Crippen LogP contribution in [-0.2, 0) is 23.7 Å². The number of hydrogen-bond donors (Lipinski definition) is 0. The lowest BCUT2D eigenvalue weighted by molar-refractivity contribution is -0.385. The van der Waals surface area contributed by atoms with Crippen LogP contribution in [0.25, 0.3) is 0 Å². The van der Waals surface area contributed by atoms with Crippen LogP contribution in [0.3, 0.4) is 0 Å². The maximum absolute atomic E-state index is 12.5. The number of carbonyl (C=O) groups excluding carboxylic acids is 2. The molecule has 2 aromatic carbocycles. The SMILES string of the molecule is O=C1OCCOCCOCCOCCOC(=O)c2cc(ccc2[N+](=O)[O-])SSc2ccc([N+](=O)[O-])c1c2. The molecule has 0 saturated carbocycles. The summed E-state index contributed by atoms with van der Waals surface area (Å²) in [5.74, 6) is -1.76. The molecule has 1 aliphatic rings. The molecule has 1 heterocycles. The highest BCUT2D eigenvalue weighted by Crippen LogP contribution is 2.40. The topological polar surface area (TPSA) is 167 Å². The highest BCUT2D eigenvalue weighted by Gasteiger charge is 2.24. The second-order valence-electron chi connectivity index (χ2n) is 7.15. The fourth-order valence-corrected chi connectivity index (χ4v) is 4.93. The van der Waals surface area contributed by atoms with E-state index in [0.717, 1.165) is 21.6 Å². The first-order valence-corrected chi connectivity index (χ1v) is 13.0. The molecule has 0 aliphatic carbocycles. The van der Waals surface area contributed by atoms with Gasteiger partial charge >= 0.3 is 11.9 Å². The predicted molar refractivity (Wildman–Crippen MR) is 131 cm³/mol. The predicted octanol–water partition coefficient (Wildman–Crippen LogP) is 3.68. The molecule has 0 spiro atoms. The fraction of sp³-hybridized carbons (Fsp3) is 0.364. The van der Waals surface area contributed by atoms with Gasteiger partial charge in [0.1, 0.15) is 24.3 Å². The molecule has 0 unspecified atom stereocenters. The molecule has 15 heteroatoms. The number of ether oxygens (including phenoxy) is 5. The molecule has 1 aliphatic heterocycles. The van der Waals surface area contributed by atoms with Crippen LogP contribution in [0.4, 0.5) is 11.4 Å². The maximum atomic E-state index is 12.5. The van der Waals surface area contributed by atoms with Crippen molar-refractivity contribution in [2.75, 3.05) is 52.9 Å². The van der Waals surface area contributed by atoms with Crippen molar-refractivity contribution in [2.45, 2.75) is 9.79 Å². The van der Waals surface area contributed by atoms with Gasteiger partial charge in [-0.05, 0) is 24.3 Å². The first kappa shape index (κ1) is 28.3. The van der Waals surface area contributed by atoms with Crippen molar-refractivity contribution in [1.82, 2.24) is 0 Å². The van der Waals surface area contributed by atoms with E-state index in [1.807, 2.05) is 0 Å². The van der Waals surface area contributed by atoms with Crippen LogP contribution in [0, 0.1) is 20.2 Å². The second-order valence-corrected chi connectivity index (χ2v) is 9.42. The number of esters is 2. The molecule has 0 N–H and O–H groups in total. The van der Waals surface area contributed by atoms with Gasteiger partial charge in [-0.2, -0.15) is 0 Å². The number of carbonyl (C=O) groups is 2. The number of cyclic esters (lactones) is 2. The lowest BCUT2D eigenvalue weighted by Crippen LogP contribution is -2.16. The summed E-state index contributed by atoms with van der Waals surface area (Å²) in [6, 6.07) is 7.94. The third-order valence-electron chi connectivity index (χ3n) is 4.67. The van der Waals surface area contributed by atoms with E-state index in [1.54, 1.807) is 0 Å². The Labute approximate surface area is 218 Å². The Morgan fingerprint density at radius 3 is 1.30 bits per heavy atom. The van der Waals surface area contributed by atoms with Crippen LogP contribution in [0.15, 0.2) is 46.2 Å². The Kier molecular flexibility index (Phi) is 11.1. The van der Waals surface area contributed by atoms with Crippen LogP contribution in [0.2, 0.25) is 0 Å². The molecule has 3 rings (SSSR count). The Morgan fingerprint density at radius 1 is 0.595 bits per heavy atom. The first-order valence-electron chi connectivity index (χ1n) is 10.9. The van der Waals surface area contributed by atoms with Crippen LogP contribution >= 0.6 is 21.6 Å². The summed E-state index contributed by atoms with van der Waals surface area (Å²) in [6.45, 7) is 0.931. The van der Waals surface area contributed by atoms with Crippen molar-refractivity contribution in [3.63, 3.8) is 0 Å². The van der Waals surface area contributed by atoms with Crippen molar-refractivity contribution >= 4 is 44.9 Å². The number of hydrogen-bond acceptors (Lipinski definition) is 13. The third kappa shape index (κ3) is 8.68. The normalized spacial score (nSPS) is 16.8. The summed E-state index contributed by atoms with van der Waals surface area (Å²) in [7, 11) is 2.26. The minimum absolute atomic E-state index is 0.0809. The number of fused-ring (bicyclic) bond motifs is 4. The molecule has 0 fully saturated rings. The molecule has 37 heavy (non-hydrogen) atoms. The maximum Gasteiger partial charge on any atom is 0.345 e. The molecular weight excluding hydrogens is 532 g/mol.